The van der Waals surface area contributed by atoms with Crippen LogP contribution in [0.3, 0.4) is 0 Å². The lowest BCUT2D eigenvalue weighted by Gasteiger charge is -2.37. The smallest absolute Gasteiger partial charge is 0.139 e. The lowest BCUT2D eigenvalue weighted by molar-refractivity contribution is 0.0996. The highest BCUT2D eigenvalue weighted by atomic mass is 16.4. The van der Waals surface area contributed by atoms with Crippen LogP contribution in [-0.2, 0) is 0 Å². The van der Waals surface area contributed by atoms with Crippen molar-refractivity contribution in [2.24, 2.45) is 10.9 Å². The van der Waals surface area contributed by atoms with E-state index in [1.807, 2.05) is 0 Å². The van der Waals surface area contributed by atoms with Crippen LogP contribution in [0.15, 0.2) is 5.16 Å². The molecule has 18 heavy (non-hydrogen) atoms. The van der Waals surface area contributed by atoms with Crippen LogP contribution in [-0.4, -0.2) is 59.6 Å². The van der Waals surface area contributed by atoms with Gasteiger partial charge in [-0.3, -0.25) is 4.90 Å². The van der Waals surface area contributed by atoms with Crippen LogP contribution < -0.4 is 5.73 Å². The van der Waals surface area contributed by atoms with Gasteiger partial charge in [0.25, 0.3) is 0 Å². The second-order valence-electron chi connectivity index (χ2n) is 5.18. The van der Waals surface area contributed by atoms with Crippen LogP contribution in [0, 0.1) is 0 Å². The van der Waals surface area contributed by atoms with E-state index in [0.717, 1.165) is 19.4 Å². The Morgan fingerprint density at radius 3 is 2.50 bits per heavy atom. The fourth-order valence-electron chi connectivity index (χ4n) is 2.38. The number of hydrogen-bond donors (Lipinski definition) is 2. The molecule has 1 rings (SSSR count). The summed E-state index contributed by atoms with van der Waals surface area (Å²) in [6.07, 6.45) is 4.06. The molecule has 0 spiro atoms. The number of hydrogen-bond acceptors (Lipinski definition) is 4. The zero-order chi connectivity index (χ0) is 13.4. The van der Waals surface area contributed by atoms with E-state index in [1.54, 1.807) is 0 Å². The summed E-state index contributed by atoms with van der Waals surface area (Å²) in [7, 11) is 0. The minimum Gasteiger partial charge on any atom is -0.409 e. The maximum absolute atomic E-state index is 8.43. The first kappa shape index (κ1) is 15.2. The summed E-state index contributed by atoms with van der Waals surface area (Å²) in [5.74, 6) is 0.344. The van der Waals surface area contributed by atoms with E-state index in [1.165, 1.54) is 32.6 Å². The minimum absolute atomic E-state index is 0.344. The summed E-state index contributed by atoms with van der Waals surface area (Å²) >= 11 is 0. The summed E-state index contributed by atoms with van der Waals surface area (Å²) in [5, 5.41) is 11.4. The van der Waals surface area contributed by atoms with Gasteiger partial charge in [0.2, 0.25) is 0 Å². The molecule has 5 nitrogen and oxygen atoms in total. The van der Waals surface area contributed by atoms with Gasteiger partial charge >= 0.3 is 0 Å². The van der Waals surface area contributed by atoms with Gasteiger partial charge in [-0.2, -0.15) is 0 Å². The van der Waals surface area contributed by atoms with Gasteiger partial charge in [-0.15, -0.1) is 0 Å². The van der Waals surface area contributed by atoms with Crippen molar-refractivity contribution in [1.29, 1.82) is 0 Å². The van der Waals surface area contributed by atoms with Crippen LogP contribution in [0.2, 0.25) is 0 Å². The van der Waals surface area contributed by atoms with E-state index >= 15 is 0 Å². The number of piperazine rings is 1. The van der Waals surface area contributed by atoms with Gasteiger partial charge in [-0.25, -0.2) is 0 Å². The van der Waals surface area contributed by atoms with E-state index in [-0.39, 0.29) is 0 Å². The van der Waals surface area contributed by atoms with Gasteiger partial charge < -0.3 is 15.8 Å². The molecule has 0 aliphatic carbocycles. The van der Waals surface area contributed by atoms with Crippen molar-refractivity contribution in [3.63, 3.8) is 0 Å². The molecule has 1 fully saturated rings. The number of nitrogens with zero attached hydrogens (tertiary/aromatic N) is 3. The molecule has 1 unspecified atom stereocenters. The van der Waals surface area contributed by atoms with E-state index in [9.17, 15) is 0 Å². The highest BCUT2D eigenvalue weighted by Gasteiger charge is 2.19. The maximum atomic E-state index is 8.43. The first-order chi connectivity index (χ1) is 8.67. The van der Waals surface area contributed by atoms with E-state index < -0.39 is 0 Å². The third kappa shape index (κ3) is 5.23. The first-order valence-electron chi connectivity index (χ1n) is 7.10. The van der Waals surface area contributed by atoms with Gasteiger partial charge in [0.05, 0.1) is 0 Å². The van der Waals surface area contributed by atoms with Gasteiger partial charge in [-0.05, 0) is 32.7 Å². The van der Waals surface area contributed by atoms with E-state index in [2.05, 4.69) is 28.8 Å². The summed E-state index contributed by atoms with van der Waals surface area (Å²) in [6, 6.07) is 0.715. The van der Waals surface area contributed by atoms with Crippen molar-refractivity contribution >= 4 is 5.84 Å². The van der Waals surface area contributed by atoms with Crippen LogP contribution >= 0.6 is 0 Å². The van der Waals surface area contributed by atoms with Gasteiger partial charge in [0.15, 0.2) is 0 Å². The van der Waals surface area contributed by atoms with Crippen LogP contribution in [0.1, 0.15) is 39.5 Å². The fourth-order valence-corrected chi connectivity index (χ4v) is 2.38. The average Bonchev–Trinajstić information content (AvgIpc) is 2.43. The lowest BCUT2D eigenvalue weighted by Crippen LogP contribution is -2.49. The van der Waals surface area contributed by atoms with Crippen LogP contribution in [0.5, 0.6) is 0 Å². The Hall–Kier alpha value is -0.810. The summed E-state index contributed by atoms with van der Waals surface area (Å²) in [6.45, 7) is 10.4. The molecular formula is C13H28N4O. The Morgan fingerprint density at radius 1 is 1.28 bits per heavy atom. The van der Waals surface area contributed by atoms with Crippen molar-refractivity contribution in [2.45, 2.75) is 45.6 Å². The highest BCUT2D eigenvalue weighted by Crippen LogP contribution is 2.09. The molecule has 1 atom stereocenters. The second-order valence-corrected chi connectivity index (χ2v) is 5.18. The highest BCUT2D eigenvalue weighted by molar-refractivity contribution is 5.79. The molecule has 1 heterocycles. The molecule has 0 aromatic rings. The molecule has 5 heteroatoms. The lowest BCUT2D eigenvalue weighted by atomic mass is 10.1. The maximum Gasteiger partial charge on any atom is 0.139 e. The topological polar surface area (TPSA) is 65.1 Å². The molecule has 0 radical (unpaired) electrons. The van der Waals surface area contributed by atoms with Crippen molar-refractivity contribution in [3.8, 4) is 0 Å². The Balaban J connectivity index is 2.09. The minimum atomic E-state index is 0.344. The van der Waals surface area contributed by atoms with Crippen molar-refractivity contribution < 1.29 is 5.21 Å². The second kappa shape index (κ2) is 8.32. The Labute approximate surface area is 111 Å². The normalized spacial score (nSPS) is 21.1. The zero-order valence-corrected chi connectivity index (χ0v) is 11.8. The molecule has 0 saturated carbocycles. The SMILES string of the molecule is CCC(C)N1CCN(CCCCC(N)=NO)CC1. The summed E-state index contributed by atoms with van der Waals surface area (Å²) < 4.78 is 0. The molecule has 3 N–H and O–H groups in total. The Kier molecular flexibility index (Phi) is 7.05. The predicted octanol–water partition coefficient (Wildman–Crippen LogP) is 1.32. The Bertz CT molecular complexity index is 249. The molecular weight excluding hydrogens is 228 g/mol. The first-order valence-corrected chi connectivity index (χ1v) is 7.10. The van der Waals surface area contributed by atoms with Gasteiger partial charge in [0, 0.05) is 38.6 Å². The third-order valence-corrected chi connectivity index (χ3v) is 3.91. The quantitative estimate of drug-likeness (QED) is 0.237. The summed E-state index contributed by atoms with van der Waals surface area (Å²) in [4.78, 5) is 5.10. The Morgan fingerprint density at radius 2 is 1.94 bits per heavy atom. The molecule has 1 aliphatic rings. The van der Waals surface area contributed by atoms with Crippen LogP contribution in [0.25, 0.3) is 0 Å². The van der Waals surface area contributed by atoms with Gasteiger partial charge in [0.1, 0.15) is 5.84 Å². The molecule has 0 bridgehead atoms. The van der Waals surface area contributed by atoms with Crippen LogP contribution in [0.4, 0.5) is 0 Å². The van der Waals surface area contributed by atoms with Crippen molar-refractivity contribution in [2.75, 3.05) is 32.7 Å². The molecule has 1 aliphatic heterocycles. The van der Waals surface area contributed by atoms with E-state index in [0.29, 0.717) is 18.3 Å². The summed E-state index contributed by atoms with van der Waals surface area (Å²) in [5.41, 5.74) is 5.44. The number of oxime groups is 1. The monoisotopic (exact) mass is 256 g/mol. The molecule has 0 aromatic heterocycles. The number of nitrogens with two attached hydrogens (primary N) is 1. The molecule has 0 aromatic carbocycles. The fraction of sp³-hybridized carbons (Fsp3) is 0.923. The number of amidine groups is 1. The number of unbranched alkanes of at least 4 members (excludes halogenated alkanes) is 1. The molecule has 106 valence electrons. The predicted molar refractivity (Wildman–Crippen MR) is 75.0 cm³/mol. The van der Waals surface area contributed by atoms with Crippen molar-refractivity contribution in [3.05, 3.63) is 0 Å². The largest absolute Gasteiger partial charge is 0.409 e. The molecule has 1 saturated heterocycles. The number of rotatable bonds is 7. The van der Waals surface area contributed by atoms with Gasteiger partial charge in [-0.1, -0.05) is 12.1 Å². The standard InChI is InChI=1S/C13H28N4O/c1-3-12(2)17-10-8-16(9-11-17)7-5-4-6-13(14)15-18/h12,18H,3-11H2,1-2H3,(H2,14,15). The zero-order valence-electron chi connectivity index (χ0n) is 11.8. The average molecular weight is 256 g/mol. The third-order valence-electron chi connectivity index (χ3n) is 3.91. The van der Waals surface area contributed by atoms with E-state index in [4.69, 9.17) is 10.9 Å². The van der Waals surface area contributed by atoms with Crippen molar-refractivity contribution in [1.82, 2.24) is 9.80 Å². The molecule has 0 amide bonds.